The molecule has 1 heterocycles. The van der Waals surface area contributed by atoms with Gasteiger partial charge in [0.05, 0.1) is 17.8 Å². The number of hydrogen-bond donors (Lipinski definition) is 2. The third kappa shape index (κ3) is 7.31. The molecule has 3 aromatic carbocycles. The van der Waals surface area contributed by atoms with Crippen LogP contribution in [0.5, 0.6) is 11.5 Å². The highest BCUT2D eigenvalue weighted by Gasteiger charge is 2.20. The van der Waals surface area contributed by atoms with E-state index in [9.17, 15) is 17.4 Å². The summed E-state index contributed by atoms with van der Waals surface area (Å²) >= 11 is 0. The van der Waals surface area contributed by atoms with E-state index in [1.54, 1.807) is 24.3 Å². The molecule has 1 unspecified atom stereocenters. The van der Waals surface area contributed by atoms with Crippen LogP contribution in [-0.2, 0) is 32.4 Å². The fourth-order valence-electron chi connectivity index (χ4n) is 4.22. The van der Waals surface area contributed by atoms with E-state index in [0.717, 1.165) is 39.8 Å². The summed E-state index contributed by atoms with van der Waals surface area (Å²) in [5.41, 5.74) is 6.08. The van der Waals surface area contributed by atoms with Crippen LogP contribution in [0.25, 0.3) is 16.0 Å². The predicted octanol–water partition coefficient (Wildman–Crippen LogP) is 4.00. The molecule has 0 radical (unpaired) electrons. The predicted molar refractivity (Wildman–Crippen MR) is 149 cm³/mol. The topological polar surface area (TPSA) is 111 Å². The molecule has 8 nitrogen and oxygen atoms in total. The summed E-state index contributed by atoms with van der Waals surface area (Å²) in [7, 11) is -4.71. The van der Waals surface area contributed by atoms with Crippen LogP contribution in [0.1, 0.15) is 28.7 Å². The lowest BCUT2D eigenvalue weighted by molar-refractivity contribution is -0.114. The normalized spacial score (nSPS) is 15.2. The van der Waals surface area contributed by atoms with Crippen LogP contribution in [0.2, 0.25) is 0 Å². The molecule has 0 aromatic heterocycles. The van der Waals surface area contributed by atoms with Gasteiger partial charge < -0.3 is 9.47 Å². The summed E-state index contributed by atoms with van der Waals surface area (Å²) in [4.78, 5) is 11.9. The van der Waals surface area contributed by atoms with Crippen LogP contribution in [0, 0.1) is 13.8 Å². The van der Waals surface area contributed by atoms with Gasteiger partial charge in [-0.25, -0.2) is 17.3 Å². The minimum atomic E-state index is -3.19. The van der Waals surface area contributed by atoms with Gasteiger partial charge in [0.2, 0.25) is 10.0 Å². The molecule has 1 aliphatic rings. The van der Waals surface area contributed by atoms with Crippen molar-refractivity contribution in [2.75, 3.05) is 19.4 Å². The molecule has 200 valence electrons. The zero-order chi connectivity index (χ0) is 27.3. The molecule has 3 aromatic rings. The fraction of sp³-hybridized carbons (Fsp3) is 0.250. The number of rotatable bonds is 11. The first-order valence-corrected chi connectivity index (χ1v) is 15.1. The number of aryl methyl sites for hydroxylation is 2. The number of sulfonamides is 1. The quantitative estimate of drug-likeness (QED) is 0.347. The lowest BCUT2D eigenvalue weighted by atomic mass is 9.94. The van der Waals surface area contributed by atoms with E-state index in [1.165, 1.54) is 6.08 Å². The SMILES string of the molecule is Cc1cc(OCCCNS(C)(=O)=O)cc(C)c1-c1cccc(COc2ccc(C3=CC(=O)NS3=O)cc2)c1. The first-order valence-electron chi connectivity index (χ1n) is 12.0. The zero-order valence-corrected chi connectivity index (χ0v) is 23.1. The van der Waals surface area contributed by atoms with Gasteiger partial charge in [0.1, 0.15) is 18.1 Å². The van der Waals surface area contributed by atoms with Gasteiger partial charge in [-0.05, 0) is 84.0 Å². The maximum atomic E-state index is 11.9. The first-order chi connectivity index (χ1) is 18.1. The Morgan fingerprint density at radius 1 is 0.921 bits per heavy atom. The Morgan fingerprint density at radius 3 is 2.26 bits per heavy atom. The first kappa shape index (κ1) is 27.6. The van der Waals surface area contributed by atoms with E-state index in [1.807, 2.05) is 38.1 Å². The van der Waals surface area contributed by atoms with E-state index in [0.29, 0.717) is 42.4 Å². The molecule has 10 heteroatoms. The Hall–Kier alpha value is -3.47. The average Bonchev–Trinajstić information content (AvgIpc) is 3.20. The Morgan fingerprint density at radius 2 is 1.63 bits per heavy atom. The second-order valence-electron chi connectivity index (χ2n) is 9.06. The van der Waals surface area contributed by atoms with Crippen molar-refractivity contribution in [2.24, 2.45) is 0 Å². The zero-order valence-electron chi connectivity index (χ0n) is 21.4. The Bertz CT molecular complexity index is 1470. The van der Waals surface area contributed by atoms with Crippen molar-refractivity contribution in [2.45, 2.75) is 26.9 Å². The third-order valence-corrected chi connectivity index (χ3v) is 7.74. The number of amides is 1. The Labute approximate surface area is 225 Å². The van der Waals surface area contributed by atoms with Crippen molar-refractivity contribution < 1.29 is 26.9 Å². The van der Waals surface area contributed by atoms with Crippen molar-refractivity contribution in [1.29, 1.82) is 0 Å². The van der Waals surface area contributed by atoms with Crippen LogP contribution in [0.3, 0.4) is 0 Å². The monoisotopic (exact) mass is 554 g/mol. The van der Waals surface area contributed by atoms with Crippen LogP contribution >= 0.6 is 0 Å². The van der Waals surface area contributed by atoms with Crippen molar-refractivity contribution in [3.63, 3.8) is 0 Å². The van der Waals surface area contributed by atoms with Crippen LogP contribution in [-0.4, -0.2) is 37.9 Å². The van der Waals surface area contributed by atoms with Gasteiger partial charge in [-0.1, -0.05) is 30.3 Å². The van der Waals surface area contributed by atoms with Crippen LogP contribution in [0.15, 0.2) is 66.7 Å². The maximum absolute atomic E-state index is 11.9. The smallest absolute Gasteiger partial charge is 0.257 e. The summed E-state index contributed by atoms with van der Waals surface area (Å²) in [5.74, 6) is 1.07. The molecule has 0 fully saturated rings. The second kappa shape index (κ2) is 11.9. The second-order valence-corrected chi connectivity index (χ2v) is 12.1. The van der Waals surface area contributed by atoms with Gasteiger partial charge in [-0.15, -0.1) is 0 Å². The van der Waals surface area contributed by atoms with E-state index in [4.69, 9.17) is 9.47 Å². The summed E-state index contributed by atoms with van der Waals surface area (Å²) in [6.45, 7) is 5.22. The van der Waals surface area contributed by atoms with E-state index >= 15 is 0 Å². The molecule has 38 heavy (non-hydrogen) atoms. The van der Waals surface area contributed by atoms with E-state index < -0.39 is 21.0 Å². The minimum absolute atomic E-state index is 0.339. The molecule has 0 saturated carbocycles. The molecule has 0 aliphatic carbocycles. The van der Waals surface area contributed by atoms with Crippen molar-refractivity contribution >= 4 is 31.8 Å². The van der Waals surface area contributed by atoms with Gasteiger partial charge in [0.15, 0.2) is 11.0 Å². The number of carbonyl (C=O) groups excluding carboxylic acids is 1. The van der Waals surface area contributed by atoms with E-state index in [2.05, 4.69) is 21.6 Å². The summed E-state index contributed by atoms with van der Waals surface area (Å²) in [6.07, 6.45) is 3.06. The number of carbonyl (C=O) groups is 1. The number of benzene rings is 3. The lowest BCUT2D eigenvalue weighted by Gasteiger charge is -2.15. The summed E-state index contributed by atoms with van der Waals surface area (Å²) in [5, 5.41) is 0. The van der Waals surface area contributed by atoms with Gasteiger partial charge in [-0.2, -0.15) is 0 Å². The van der Waals surface area contributed by atoms with Crippen molar-refractivity contribution in [3.05, 3.63) is 89.0 Å². The highest BCUT2D eigenvalue weighted by Crippen LogP contribution is 2.32. The van der Waals surface area contributed by atoms with Crippen molar-refractivity contribution in [1.82, 2.24) is 9.44 Å². The molecule has 4 rings (SSSR count). The molecular formula is C28H30N2O6S2. The highest BCUT2D eigenvalue weighted by molar-refractivity contribution is 7.94. The van der Waals surface area contributed by atoms with Gasteiger partial charge >= 0.3 is 0 Å². The maximum Gasteiger partial charge on any atom is 0.257 e. The van der Waals surface area contributed by atoms with Crippen molar-refractivity contribution in [3.8, 4) is 22.6 Å². The molecule has 1 aliphatic heterocycles. The number of nitrogens with one attached hydrogen (secondary N) is 2. The van der Waals surface area contributed by atoms with Crippen LogP contribution in [0.4, 0.5) is 0 Å². The third-order valence-electron chi connectivity index (χ3n) is 5.88. The molecule has 0 bridgehead atoms. The largest absolute Gasteiger partial charge is 0.494 e. The average molecular weight is 555 g/mol. The highest BCUT2D eigenvalue weighted by atomic mass is 32.2. The fourth-order valence-corrected chi connectivity index (χ4v) is 5.65. The Kier molecular flexibility index (Phi) is 8.65. The molecule has 0 spiro atoms. The van der Waals surface area contributed by atoms with Gasteiger partial charge in [-0.3, -0.25) is 9.52 Å². The molecule has 1 atom stereocenters. The lowest BCUT2D eigenvalue weighted by Crippen LogP contribution is -2.24. The molecule has 2 N–H and O–H groups in total. The molecule has 0 saturated heterocycles. The van der Waals surface area contributed by atoms with Gasteiger partial charge in [0.25, 0.3) is 5.91 Å². The summed E-state index contributed by atoms with van der Waals surface area (Å²) < 4.78 is 50.9. The summed E-state index contributed by atoms with van der Waals surface area (Å²) in [6, 6.07) is 19.3. The standard InChI is InChI=1S/C28H30N2O6S2/c1-19-14-25(35-13-5-12-29-38(3,33)34)15-20(2)28(19)23-7-4-6-21(16-23)18-36-24-10-8-22(9-11-24)26-17-27(31)30-37(26)32/h4,6-11,14-17,29H,5,12-13,18H2,1-3H3,(H,30,31). The molecule has 1 amide bonds. The number of hydrogen-bond acceptors (Lipinski definition) is 6. The Balaban J connectivity index is 1.38. The number of ether oxygens (including phenoxy) is 2. The van der Waals surface area contributed by atoms with Crippen LogP contribution < -0.4 is 18.9 Å². The van der Waals surface area contributed by atoms with Gasteiger partial charge in [0, 0.05) is 12.6 Å². The van der Waals surface area contributed by atoms with E-state index in [-0.39, 0.29) is 5.91 Å². The molecular weight excluding hydrogens is 524 g/mol. The minimum Gasteiger partial charge on any atom is -0.494 e.